The summed E-state index contributed by atoms with van der Waals surface area (Å²) in [4.78, 5) is 16.8. The third-order valence-corrected chi connectivity index (χ3v) is 5.50. The second-order valence-corrected chi connectivity index (χ2v) is 7.40. The number of urea groups is 1. The molecule has 0 bridgehead atoms. The molecule has 2 amide bonds. The number of amides is 2. The smallest absolute Gasteiger partial charge is 0.315 e. The van der Waals surface area contributed by atoms with Gasteiger partial charge in [0.05, 0.1) is 5.69 Å². The Morgan fingerprint density at radius 1 is 1.28 bits per heavy atom. The predicted molar refractivity (Wildman–Crippen MR) is 97.7 cm³/mol. The minimum Gasteiger partial charge on any atom is -0.337 e. The van der Waals surface area contributed by atoms with Gasteiger partial charge in [-0.2, -0.15) is 0 Å². The maximum absolute atomic E-state index is 12.2. The van der Waals surface area contributed by atoms with Gasteiger partial charge in [-0.25, -0.2) is 9.78 Å². The summed E-state index contributed by atoms with van der Waals surface area (Å²) in [5.74, 6) is 2.03. The van der Waals surface area contributed by atoms with E-state index in [1.165, 1.54) is 5.56 Å². The van der Waals surface area contributed by atoms with Crippen molar-refractivity contribution in [3.8, 4) is 0 Å². The number of hydrogen-bond acceptors (Lipinski definition) is 2. The zero-order chi connectivity index (χ0) is 17.2. The number of imidazole rings is 1. The third kappa shape index (κ3) is 3.55. The van der Waals surface area contributed by atoms with Crippen LogP contribution in [0.5, 0.6) is 0 Å². The molecule has 2 aliphatic rings. The summed E-state index contributed by atoms with van der Waals surface area (Å²) in [6, 6.07) is 10.8. The van der Waals surface area contributed by atoms with Crippen LogP contribution in [0.25, 0.3) is 0 Å². The molecule has 1 fully saturated rings. The molecule has 2 aromatic rings. The predicted octanol–water partition coefficient (Wildman–Crippen LogP) is 3.31. The van der Waals surface area contributed by atoms with Crippen LogP contribution in [-0.2, 0) is 6.54 Å². The molecule has 1 aromatic carbocycles. The highest BCUT2D eigenvalue weighted by molar-refractivity contribution is 5.74. The van der Waals surface area contributed by atoms with E-state index in [4.69, 9.17) is 0 Å². The van der Waals surface area contributed by atoms with E-state index in [0.717, 1.165) is 43.7 Å². The monoisotopic (exact) mass is 338 g/mol. The summed E-state index contributed by atoms with van der Waals surface area (Å²) in [5.41, 5.74) is 2.44. The number of fused-ring (bicyclic) bond motifs is 1. The second kappa shape index (κ2) is 6.90. The van der Waals surface area contributed by atoms with E-state index in [2.05, 4.69) is 50.6 Å². The van der Waals surface area contributed by atoms with Crippen molar-refractivity contribution in [1.82, 2.24) is 20.2 Å². The Hall–Kier alpha value is -2.30. The van der Waals surface area contributed by atoms with Crippen molar-refractivity contribution < 1.29 is 4.79 Å². The van der Waals surface area contributed by atoms with Gasteiger partial charge < -0.3 is 15.2 Å². The summed E-state index contributed by atoms with van der Waals surface area (Å²) in [5, 5.41) is 6.16. The van der Waals surface area contributed by atoms with E-state index < -0.39 is 0 Å². The maximum atomic E-state index is 12.2. The number of carbonyl (C=O) groups excluding carboxylic acids is 1. The largest absolute Gasteiger partial charge is 0.337 e. The number of benzene rings is 1. The van der Waals surface area contributed by atoms with Gasteiger partial charge in [-0.3, -0.25) is 0 Å². The van der Waals surface area contributed by atoms with Crippen LogP contribution >= 0.6 is 0 Å². The van der Waals surface area contributed by atoms with Crippen LogP contribution in [-0.4, -0.2) is 28.2 Å². The van der Waals surface area contributed by atoms with Crippen molar-refractivity contribution in [3.05, 3.63) is 53.6 Å². The molecule has 132 valence electrons. The van der Waals surface area contributed by atoms with Crippen molar-refractivity contribution in [2.75, 3.05) is 6.54 Å². The van der Waals surface area contributed by atoms with Crippen molar-refractivity contribution in [3.63, 3.8) is 0 Å². The van der Waals surface area contributed by atoms with Crippen LogP contribution in [0.1, 0.15) is 54.6 Å². The molecule has 1 aromatic heterocycles. The second-order valence-electron chi connectivity index (χ2n) is 7.40. The highest BCUT2D eigenvalue weighted by Crippen LogP contribution is 2.36. The molecule has 0 spiro atoms. The van der Waals surface area contributed by atoms with E-state index in [1.54, 1.807) is 0 Å². The van der Waals surface area contributed by atoms with Crippen molar-refractivity contribution >= 4 is 6.03 Å². The zero-order valence-electron chi connectivity index (χ0n) is 14.7. The number of rotatable bonds is 4. The number of nitrogens with one attached hydrogen (secondary N) is 2. The van der Waals surface area contributed by atoms with Gasteiger partial charge in [0.15, 0.2) is 0 Å². The van der Waals surface area contributed by atoms with Crippen LogP contribution in [0.3, 0.4) is 0 Å². The Bertz CT molecular complexity index is 733. The molecular weight excluding hydrogens is 312 g/mol. The molecule has 5 heteroatoms. The summed E-state index contributed by atoms with van der Waals surface area (Å²) in [6.07, 6.45) is 6.42. The molecule has 0 radical (unpaired) electrons. The lowest BCUT2D eigenvalue weighted by molar-refractivity contribution is 0.221. The third-order valence-electron chi connectivity index (χ3n) is 5.50. The number of aromatic nitrogens is 2. The average molecular weight is 338 g/mol. The Kier molecular flexibility index (Phi) is 4.47. The minimum absolute atomic E-state index is 0.0445. The van der Waals surface area contributed by atoms with E-state index in [0.29, 0.717) is 24.4 Å². The van der Waals surface area contributed by atoms with E-state index in [9.17, 15) is 4.79 Å². The minimum atomic E-state index is -0.0445. The molecule has 1 aliphatic heterocycles. The average Bonchev–Trinajstić information content (AvgIpc) is 2.97. The van der Waals surface area contributed by atoms with Crippen molar-refractivity contribution in [1.29, 1.82) is 0 Å². The Morgan fingerprint density at radius 3 is 2.88 bits per heavy atom. The lowest BCUT2D eigenvalue weighted by atomic mass is 9.76. The fraction of sp³-hybridized carbons (Fsp3) is 0.500. The van der Waals surface area contributed by atoms with Crippen LogP contribution in [0.2, 0.25) is 0 Å². The van der Waals surface area contributed by atoms with Gasteiger partial charge in [-0.15, -0.1) is 0 Å². The van der Waals surface area contributed by atoms with Crippen molar-refractivity contribution in [2.45, 2.75) is 57.0 Å². The van der Waals surface area contributed by atoms with Gasteiger partial charge in [0.2, 0.25) is 0 Å². The van der Waals surface area contributed by atoms with E-state index in [1.807, 2.05) is 13.0 Å². The molecule has 2 heterocycles. The summed E-state index contributed by atoms with van der Waals surface area (Å²) >= 11 is 0. The summed E-state index contributed by atoms with van der Waals surface area (Å²) in [7, 11) is 0. The van der Waals surface area contributed by atoms with Crippen LogP contribution in [0.15, 0.2) is 36.5 Å². The van der Waals surface area contributed by atoms with Crippen molar-refractivity contribution in [2.24, 2.45) is 0 Å². The Labute approximate surface area is 148 Å². The quantitative estimate of drug-likeness (QED) is 0.898. The van der Waals surface area contributed by atoms with Crippen LogP contribution in [0.4, 0.5) is 4.79 Å². The molecule has 2 N–H and O–H groups in total. The van der Waals surface area contributed by atoms with Gasteiger partial charge in [0, 0.05) is 31.2 Å². The molecular formula is C20H26N4O. The van der Waals surface area contributed by atoms with E-state index in [-0.39, 0.29) is 6.03 Å². The summed E-state index contributed by atoms with van der Waals surface area (Å²) in [6.45, 7) is 3.74. The molecule has 4 rings (SSSR count). The Balaban J connectivity index is 1.23. The first kappa shape index (κ1) is 16.2. The van der Waals surface area contributed by atoms with Crippen LogP contribution in [0, 0.1) is 6.92 Å². The van der Waals surface area contributed by atoms with Gasteiger partial charge in [-0.1, -0.05) is 30.3 Å². The Morgan fingerprint density at radius 2 is 2.08 bits per heavy atom. The molecule has 0 saturated heterocycles. The number of nitrogens with zero attached hydrogens (tertiary/aromatic N) is 2. The van der Waals surface area contributed by atoms with Gasteiger partial charge >= 0.3 is 6.03 Å². The molecule has 0 unspecified atom stereocenters. The standard InChI is InChI=1S/C20H26N4O/c1-14-13-24-9-5-8-16(19(24)22-14)12-21-20(25)23-18-10-17(11-18)15-6-3-2-4-7-15/h2-4,6-7,13,16-18H,5,8-12H2,1H3,(H2,21,23,25)/t16-,17?,18?/m1/s1. The van der Waals surface area contributed by atoms with E-state index >= 15 is 0 Å². The number of hydrogen-bond donors (Lipinski definition) is 2. The van der Waals surface area contributed by atoms with Gasteiger partial charge in [-0.05, 0) is 44.1 Å². The first-order valence-corrected chi connectivity index (χ1v) is 9.32. The summed E-state index contributed by atoms with van der Waals surface area (Å²) < 4.78 is 2.24. The molecule has 1 aliphatic carbocycles. The lowest BCUT2D eigenvalue weighted by Crippen LogP contribution is -2.48. The number of aryl methyl sites for hydroxylation is 2. The normalized spacial score (nSPS) is 24.9. The van der Waals surface area contributed by atoms with Gasteiger partial charge in [0.1, 0.15) is 5.82 Å². The maximum Gasteiger partial charge on any atom is 0.315 e. The highest BCUT2D eigenvalue weighted by Gasteiger charge is 2.31. The SMILES string of the molecule is Cc1cn2c(n1)[C@@H](CNC(=O)NC1CC(c3ccccc3)C1)CCC2. The molecule has 25 heavy (non-hydrogen) atoms. The molecule has 1 atom stereocenters. The first-order valence-electron chi connectivity index (χ1n) is 9.32. The lowest BCUT2D eigenvalue weighted by Gasteiger charge is -2.36. The zero-order valence-corrected chi connectivity index (χ0v) is 14.7. The fourth-order valence-electron chi connectivity index (χ4n) is 4.09. The fourth-order valence-corrected chi connectivity index (χ4v) is 4.09. The van der Waals surface area contributed by atoms with Crippen LogP contribution < -0.4 is 10.6 Å². The number of carbonyl (C=O) groups is 1. The topological polar surface area (TPSA) is 59.0 Å². The molecule has 5 nitrogen and oxygen atoms in total. The van der Waals surface area contributed by atoms with Gasteiger partial charge in [0.25, 0.3) is 0 Å². The molecule has 1 saturated carbocycles. The highest BCUT2D eigenvalue weighted by atomic mass is 16.2. The first-order chi connectivity index (χ1) is 12.2.